The van der Waals surface area contributed by atoms with Crippen LogP contribution in [-0.2, 0) is 13.0 Å². The van der Waals surface area contributed by atoms with Crippen LogP contribution in [0.5, 0.6) is 0 Å². The number of nitrogens with one attached hydrogen (secondary N) is 2. The SMILES string of the molecule is CCNC1CCC(NC(=O)c2cc(CC)nn2CC)CC1. The van der Waals surface area contributed by atoms with Crippen molar-refractivity contribution in [1.82, 2.24) is 20.4 Å². The van der Waals surface area contributed by atoms with Crippen molar-refractivity contribution in [1.29, 1.82) is 0 Å². The first kappa shape index (κ1) is 16.0. The third-order valence-corrected chi connectivity index (χ3v) is 4.28. The minimum atomic E-state index is 0.0240. The lowest BCUT2D eigenvalue weighted by atomic mass is 9.91. The van der Waals surface area contributed by atoms with Crippen molar-refractivity contribution in [2.24, 2.45) is 0 Å². The van der Waals surface area contributed by atoms with Crippen molar-refractivity contribution < 1.29 is 4.79 Å². The van der Waals surface area contributed by atoms with Crippen LogP contribution in [0.15, 0.2) is 6.07 Å². The molecule has 1 fully saturated rings. The van der Waals surface area contributed by atoms with E-state index in [1.54, 1.807) is 4.68 Å². The van der Waals surface area contributed by atoms with Crippen LogP contribution < -0.4 is 10.6 Å². The molecule has 1 aromatic rings. The predicted octanol–water partition coefficient (Wildman–Crippen LogP) is 2.12. The van der Waals surface area contributed by atoms with Crippen LogP contribution in [0.4, 0.5) is 0 Å². The molecule has 118 valence electrons. The Morgan fingerprint density at radius 3 is 2.48 bits per heavy atom. The molecule has 0 aromatic carbocycles. The number of amides is 1. The van der Waals surface area contributed by atoms with E-state index >= 15 is 0 Å². The molecule has 1 saturated carbocycles. The highest BCUT2D eigenvalue weighted by Gasteiger charge is 2.23. The first-order chi connectivity index (χ1) is 10.2. The van der Waals surface area contributed by atoms with Crippen molar-refractivity contribution in [2.75, 3.05) is 6.54 Å². The first-order valence-corrected chi connectivity index (χ1v) is 8.28. The summed E-state index contributed by atoms with van der Waals surface area (Å²) in [5.74, 6) is 0.0240. The lowest BCUT2D eigenvalue weighted by Gasteiger charge is -2.29. The van der Waals surface area contributed by atoms with Gasteiger partial charge in [-0.05, 0) is 51.6 Å². The maximum absolute atomic E-state index is 12.4. The van der Waals surface area contributed by atoms with Gasteiger partial charge in [-0.2, -0.15) is 5.10 Å². The van der Waals surface area contributed by atoms with E-state index in [2.05, 4.69) is 29.6 Å². The molecule has 1 aliphatic carbocycles. The van der Waals surface area contributed by atoms with Crippen LogP contribution in [0.1, 0.15) is 62.6 Å². The second kappa shape index (κ2) is 7.59. The number of hydrogen-bond donors (Lipinski definition) is 2. The van der Waals surface area contributed by atoms with Crippen molar-refractivity contribution in [2.45, 2.75) is 71.5 Å². The van der Waals surface area contributed by atoms with E-state index in [-0.39, 0.29) is 5.91 Å². The Balaban J connectivity index is 1.91. The first-order valence-electron chi connectivity index (χ1n) is 8.28. The van der Waals surface area contributed by atoms with Gasteiger partial charge in [-0.1, -0.05) is 13.8 Å². The zero-order chi connectivity index (χ0) is 15.2. The van der Waals surface area contributed by atoms with Gasteiger partial charge in [-0.25, -0.2) is 0 Å². The van der Waals surface area contributed by atoms with E-state index in [9.17, 15) is 4.79 Å². The Morgan fingerprint density at radius 2 is 1.90 bits per heavy atom. The molecule has 5 nitrogen and oxygen atoms in total. The highest BCUT2D eigenvalue weighted by molar-refractivity contribution is 5.92. The second-order valence-corrected chi connectivity index (χ2v) is 5.77. The summed E-state index contributed by atoms with van der Waals surface area (Å²) in [5, 5.41) is 11.1. The number of carbonyl (C=O) groups is 1. The van der Waals surface area contributed by atoms with Gasteiger partial charge in [0.25, 0.3) is 5.91 Å². The highest BCUT2D eigenvalue weighted by atomic mass is 16.2. The lowest BCUT2D eigenvalue weighted by Crippen LogP contribution is -2.42. The van der Waals surface area contributed by atoms with Gasteiger partial charge < -0.3 is 10.6 Å². The Kier molecular flexibility index (Phi) is 5.79. The van der Waals surface area contributed by atoms with Crippen LogP contribution in [-0.4, -0.2) is 34.3 Å². The third kappa shape index (κ3) is 4.06. The fraction of sp³-hybridized carbons (Fsp3) is 0.750. The minimum absolute atomic E-state index is 0.0240. The molecule has 1 aromatic heterocycles. The van der Waals surface area contributed by atoms with Crippen LogP contribution in [0.2, 0.25) is 0 Å². The van der Waals surface area contributed by atoms with Gasteiger partial charge in [0, 0.05) is 18.6 Å². The van der Waals surface area contributed by atoms with E-state index in [4.69, 9.17) is 0 Å². The summed E-state index contributed by atoms with van der Waals surface area (Å²) >= 11 is 0. The smallest absolute Gasteiger partial charge is 0.269 e. The molecule has 5 heteroatoms. The minimum Gasteiger partial charge on any atom is -0.348 e. The number of aryl methyl sites for hydroxylation is 2. The molecule has 21 heavy (non-hydrogen) atoms. The molecule has 0 aliphatic heterocycles. The topological polar surface area (TPSA) is 58.9 Å². The Labute approximate surface area is 127 Å². The summed E-state index contributed by atoms with van der Waals surface area (Å²) in [7, 11) is 0. The number of rotatable bonds is 6. The van der Waals surface area contributed by atoms with Gasteiger partial charge in [0.1, 0.15) is 5.69 Å². The lowest BCUT2D eigenvalue weighted by molar-refractivity contribution is 0.0913. The van der Waals surface area contributed by atoms with Crippen molar-refractivity contribution in [3.63, 3.8) is 0 Å². The molecule has 0 bridgehead atoms. The normalized spacial score (nSPS) is 22.2. The van der Waals surface area contributed by atoms with Gasteiger partial charge in [-0.3, -0.25) is 9.48 Å². The zero-order valence-corrected chi connectivity index (χ0v) is 13.5. The monoisotopic (exact) mass is 292 g/mol. The molecule has 0 unspecified atom stereocenters. The van der Waals surface area contributed by atoms with Crippen LogP contribution in [0.25, 0.3) is 0 Å². The molecule has 0 radical (unpaired) electrons. The van der Waals surface area contributed by atoms with Crippen molar-refractivity contribution in [3.8, 4) is 0 Å². The van der Waals surface area contributed by atoms with Gasteiger partial charge in [0.2, 0.25) is 0 Å². The predicted molar refractivity (Wildman–Crippen MR) is 84.5 cm³/mol. The maximum Gasteiger partial charge on any atom is 0.269 e. The molecular weight excluding hydrogens is 264 g/mol. The fourth-order valence-corrected chi connectivity index (χ4v) is 3.06. The van der Waals surface area contributed by atoms with E-state index in [0.29, 0.717) is 17.8 Å². The molecule has 1 heterocycles. The summed E-state index contributed by atoms with van der Waals surface area (Å²) in [6.07, 6.45) is 5.27. The summed E-state index contributed by atoms with van der Waals surface area (Å²) in [6, 6.07) is 2.84. The average Bonchev–Trinajstić information content (AvgIpc) is 2.93. The van der Waals surface area contributed by atoms with Crippen molar-refractivity contribution in [3.05, 3.63) is 17.5 Å². The summed E-state index contributed by atoms with van der Waals surface area (Å²) in [4.78, 5) is 12.4. The average molecular weight is 292 g/mol. The van der Waals surface area contributed by atoms with Crippen molar-refractivity contribution >= 4 is 5.91 Å². The maximum atomic E-state index is 12.4. The largest absolute Gasteiger partial charge is 0.348 e. The molecule has 1 amide bonds. The van der Waals surface area contributed by atoms with Gasteiger partial charge >= 0.3 is 0 Å². The third-order valence-electron chi connectivity index (χ3n) is 4.28. The Bertz CT molecular complexity index is 461. The molecule has 0 saturated heterocycles. The van der Waals surface area contributed by atoms with E-state index in [1.807, 2.05) is 13.0 Å². The molecular formula is C16H28N4O. The molecule has 2 rings (SSSR count). The summed E-state index contributed by atoms with van der Waals surface area (Å²) in [5.41, 5.74) is 1.68. The molecule has 1 aliphatic rings. The number of carbonyl (C=O) groups excluding carboxylic acids is 1. The van der Waals surface area contributed by atoms with Crippen LogP contribution in [0.3, 0.4) is 0 Å². The quantitative estimate of drug-likeness (QED) is 0.844. The molecule has 0 spiro atoms. The zero-order valence-electron chi connectivity index (χ0n) is 13.5. The van der Waals surface area contributed by atoms with E-state index in [1.165, 1.54) is 0 Å². The van der Waals surface area contributed by atoms with Crippen LogP contribution in [0, 0.1) is 0 Å². The summed E-state index contributed by atoms with van der Waals surface area (Å²) in [6.45, 7) is 7.98. The van der Waals surface area contributed by atoms with Gasteiger partial charge in [0.15, 0.2) is 0 Å². The standard InChI is InChI=1S/C16H28N4O/c1-4-12-11-15(20(6-3)19-12)16(21)18-14-9-7-13(8-10-14)17-5-2/h11,13-14,17H,4-10H2,1-3H3,(H,18,21). The second-order valence-electron chi connectivity index (χ2n) is 5.77. The fourth-order valence-electron chi connectivity index (χ4n) is 3.06. The Morgan fingerprint density at radius 1 is 1.24 bits per heavy atom. The molecule has 2 N–H and O–H groups in total. The van der Waals surface area contributed by atoms with E-state index < -0.39 is 0 Å². The number of aromatic nitrogens is 2. The van der Waals surface area contributed by atoms with E-state index in [0.717, 1.165) is 50.9 Å². The summed E-state index contributed by atoms with van der Waals surface area (Å²) < 4.78 is 1.80. The highest BCUT2D eigenvalue weighted by Crippen LogP contribution is 2.19. The number of hydrogen-bond acceptors (Lipinski definition) is 3. The van der Waals surface area contributed by atoms with Gasteiger partial charge in [0.05, 0.1) is 5.69 Å². The number of nitrogens with zero attached hydrogens (tertiary/aromatic N) is 2. The van der Waals surface area contributed by atoms with Crippen LogP contribution >= 0.6 is 0 Å². The van der Waals surface area contributed by atoms with Gasteiger partial charge in [-0.15, -0.1) is 0 Å². The molecule has 0 atom stereocenters. The Hall–Kier alpha value is -1.36.